The zero-order chi connectivity index (χ0) is 10.7. The van der Waals surface area contributed by atoms with Gasteiger partial charge in [0.1, 0.15) is 5.82 Å². The molecule has 0 spiro atoms. The van der Waals surface area contributed by atoms with Crippen LogP contribution in [0.15, 0.2) is 16.6 Å². The number of hydrogen-bond donors (Lipinski definition) is 2. The van der Waals surface area contributed by atoms with Crippen LogP contribution in [-0.2, 0) is 0 Å². The molecule has 0 aliphatic carbocycles. The van der Waals surface area contributed by atoms with E-state index in [2.05, 4.69) is 15.9 Å². The molecule has 1 aromatic rings. The highest BCUT2D eigenvalue weighted by Crippen LogP contribution is 2.28. The normalized spacial score (nSPS) is 12.9. The van der Waals surface area contributed by atoms with E-state index in [9.17, 15) is 4.39 Å². The monoisotopic (exact) mass is 281 g/mol. The van der Waals surface area contributed by atoms with E-state index in [4.69, 9.17) is 22.4 Å². The molecule has 78 valence electrons. The van der Waals surface area contributed by atoms with Crippen LogP contribution in [0.4, 0.5) is 4.39 Å². The van der Waals surface area contributed by atoms with Crippen LogP contribution in [0.2, 0.25) is 5.02 Å². The Bertz CT molecular complexity index is 335. The minimum atomic E-state index is -0.532. The first-order chi connectivity index (χ1) is 6.56. The SMILES string of the molecule is N[C@H](CCO)c1cc(Cl)cc(Br)c1F. The number of aliphatic hydroxyl groups is 1. The van der Waals surface area contributed by atoms with Gasteiger partial charge < -0.3 is 10.8 Å². The Balaban J connectivity index is 3.07. The molecule has 5 heteroatoms. The minimum absolute atomic E-state index is 0.0786. The first kappa shape index (κ1) is 11.9. The van der Waals surface area contributed by atoms with E-state index in [1.807, 2.05) is 0 Å². The quantitative estimate of drug-likeness (QED) is 0.837. The Morgan fingerprint density at radius 3 is 2.79 bits per heavy atom. The lowest BCUT2D eigenvalue weighted by molar-refractivity contribution is 0.275. The molecule has 0 fully saturated rings. The number of halogens is 3. The van der Waals surface area contributed by atoms with Crippen molar-refractivity contribution in [1.82, 2.24) is 0 Å². The molecule has 14 heavy (non-hydrogen) atoms. The van der Waals surface area contributed by atoms with Crippen molar-refractivity contribution in [2.75, 3.05) is 6.61 Å². The molecule has 0 amide bonds. The van der Waals surface area contributed by atoms with Crippen LogP contribution in [0, 0.1) is 5.82 Å². The van der Waals surface area contributed by atoms with Gasteiger partial charge in [-0.1, -0.05) is 11.6 Å². The van der Waals surface area contributed by atoms with Crippen molar-refractivity contribution in [3.05, 3.63) is 33.0 Å². The lowest BCUT2D eigenvalue weighted by Gasteiger charge is -2.12. The molecule has 0 bridgehead atoms. The van der Waals surface area contributed by atoms with Crippen molar-refractivity contribution in [1.29, 1.82) is 0 Å². The molecule has 0 unspecified atom stereocenters. The standard InChI is InChI=1S/C9H10BrClFNO/c10-7-4-5(11)3-6(9(7)12)8(13)1-2-14/h3-4,8,14H,1-2,13H2/t8-/m1/s1. The second-order valence-electron chi connectivity index (χ2n) is 2.91. The second kappa shape index (κ2) is 5.07. The summed E-state index contributed by atoms with van der Waals surface area (Å²) in [4.78, 5) is 0. The van der Waals surface area contributed by atoms with Gasteiger partial charge in [-0.2, -0.15) is 0 Å². The fraction of sp³-hybridized carbons (Fsp3) is 0.333. The molecule has 1 atom stereocenters. The largest absolute Gasteiger partial charge is 0.396 e. The Morgan fingerprint density at radius 2 is 2.21 bits per heavy atom. The number of nitrogens with two attached hydrogens (primary N) is 1. The highest BCUT2D eigenvalue weighted by atomic mass is 79.9. The maximum Gasteiger partial charge on any atom is 0.142 e. The highest BCUT2D eigenvalue weighted by Gasteiger charge is 2.14. The van der Waals surface area contributed by atoms with Gasteiger partial charge in [0.25, 0.3) is 0 Å². The number of aliphatic hydroxyl groups excluding tert-OH is 1. The van der Waals surface area contributed by atoms with Crippen molar-refractivity contribution < 1.29 is 9.50 Å². The van der Waals surface area contributed by atoms with Gasteiger partial charge in [-0.25, -0.2) is 4.39 Å². The van der Waals surface area contributed by atoms with Crippen LogP contribution in [0.1, 0.15) is 18.0 Å². The van der Waals surface area contributed by atoms with Gasteiger partial charge in [-0.3, -0.25) is 0 Å². The average Bonchev–Trinajstić information content (AvgIpc) is 2.11. The maximum absolute atomic E-state index is 13.5. The number of hydrogen-bond acceptors (Lipinski definition) is 2. The molecule has 0 heterocycles. The summed E-state index contributed by atoms with van der Waals surface area (Å²) < 4.78 is 13.8. The zero-order valence-electron chi connectivity index (χ0n) is 7.30. The number of rotatable bonds is 3. The summed E-state index contributed by atoms with van der Waals surface area (Å²) in [5.74, 6) is -0.421. The Kier molecular flexibility index (Phi) is 4.31. The van der Waals surface area contributed by atoms with E-state index >= 15 is 0 Å². The number of benzene rings is 1. The molecule has 1 aromatic carbocycles. The van der Waals surface area contributed by atoms with E-state index in [1.165, 1.54) is 12.1 Å². The predicted molar refractivity (Wildman–Crippen MR) is 57.7 cm³/mol. The topological polar surface area (TPSA) is 46.2 Å². The van der Waals surface area contributed by atoms with E-state index < -0.39 is 11.9 Å². The summed E-state index contributed by atoms with van der Waals surface area (Å²) in [5, 5.41) is 9.10. The molecule has 0 saturated carbocycles. The van der Waals surface area contributed by atoms with Crippen molar-refractivity contribution in [2.24, 2.45) is 5.73 Å². The van der Waals surface area contributed by atoms with Gasteiger partial charge >= 0.3 is 0 Å². The molecule has 0 aliphatic heterocycles. The zero-order valence-corrected chi connectivity index (χ0v) is 9.65. The smallest absolute Gasteiger partial charge is 0.142 e. The third-order valence-corrected chi connectivity index (χ3v) is 2.66. The first-order valence-electron chi connectivity index (χ1n) is 4.07. The molecule has 0 aliphatic rings. The third-order valence-electron chi connectivity index (χ3n) is 1.86. The van der Waals surface area contributed by atoms with Gasteiger partial charge in [0.15, 0.2) is 0 Å². The summed E-state index contributed by atoms with van der Waals surface area (Å²) >= 11 is 8.79. The summed E-state index contributed by atoms with van der Waals surface area (Å²) in [5.41, 5.74) is 5.98. The molecule has 2 nitrogen and oxygen atoms in total. The predicted octanol–water partition coefficient (Wildman–Crippen LogP) is 2.62. The summed E-state index contributed by atoms with van der Waals surface area (Å²) in [6, 6.07) is 2.41. The third kappa shape index (κ3) is 2.67. The lowest BCUT2D eigenvalue weighted by atomic mass is 10.0. The van der Waals surface area contributed by atoms with Crippen LogP contribution in [0.25, 0.3) is 0 Å². The van der Waals surface area contributed by atoms with Crippen molar-refractivity contribution in [2.45, 2.75) is 12.5 Å². The van der Waals surface area contributed by atoms with Crippen molar-refractivity contribution >= 4 is 27.5 Å². The van der Waals surface area contributed by atoms with Crippen molar-refractivity contribution in [3.8, 4) is 0 Å². The molecule has 1 rings (SSSR count). The van der Waals surface area contributed by atoms with E-state index in [0.29, 0.717) is 17.0 Å². The second-order valence-corrected chi connectivity index (χ2v) is 4.20. The van der Waals surface area contributed by atoms with Crippen LogP contribution in [0.3, 0.4) is 0 Å². The van der Waals surface area contributed by atoms with Gasteiger partial charge in [0.05, 0.1) is 4.47 Å². The Labute approximate surface area is 95.0 Å². The van der Waals surface area contributed by atoms with E-state index in [-0.39, 0.29) is 11.1 Å². The van der Waals surface area contributed by atoms with Crippen LogP contribution < -0.4 is 5.73 Å². The fourth-order valence-corrected chi connectivity index (χ4v) is 1.97. The van der Waals surface area contributed by atoms with Gasteiger partial charge in [-0.05, 0) is 34.5 Å². The molecular weight excluding hydrogens is 272 g/mol. The van der Waals surface area contributed by atoms with Gasteiger partial charge in [-0.15, -0.1) is 0 Å². The Morgan fingerprint density at radius 1 is 1.57 bits per heavy atom. The maximum atomic E-state index is 13.5. The van der Waals surface area contributed by atoms with Crippen LogP contribution >= 0.6 is 27.5 Å². The molecular formula is C9H10BrClFNO. The average molecular weight is 283 g/mol. The van der Waals surface area contributed by atoms with Gasteiger partial charge in [0, 0.05) is 23.2 Å². The molecule has 3 N–H and O–H groups in total. The minimum Gasteiger partial charge on any atom is -0.396 e. The first-order valence-corrected chi connectivity index (χ1v) is 5.24. The highest BCUT2D eigenvalue weighted by molar-refractivity contribution is 9.10. The van der Waals surface area contributed by atoms with E-state index in [0.717, 1.165) is 0 Å². The van der Waals surface area contributed by atoms with Crippen molar-refractivity contribution in [3.63, 3.8) is 0 Å². The molecule has 0 saturated heterocycles. The molecule has 0 radical (unpaired) electrons. The Hall–Kier alpha value is -0.160. The summed E-state index contributed by atoms with van der Waals surface area (Å²) in [7, 11) is 0. The summed E-state index contributed by atoms with van der Waals surface area (Å²) in [6.45, 7) is -0.0786. The van der Waals surface area contributed by atoms with Crippen LogP contribution in [-0.4, -0.2) is 11.7 Å². The van der Waals surface area contributed by atoms with E-state index in [1.54, 1.807) is 0 Å². The van der Waals surface area contributed by atoms with Gasteiger partial charge in [0.2, 0.25) is 0 Å². The fourth-order valence-electron chi connectivity index (χ4n) is 1.14. The lowest BCUT2D eigenvalue weighted by Crippen LogP contribution is -2.14. The molecule has 0 aromatic heterocycles. The van der Waals surface area contributed by atoms with Crippen LogP contribution in [0.5, 0.6) is 0 Å². The summed E-state index contributed by atoms with van der Waals surface area (Å²) in [6.07, 6.45) is 0.309.